The predicted molar refractivity (Wildman–Crippen MR) is 92.3 cm³/mol. The van der Waals surface area contributed by atoms with Crippen LogP contribution in [0.3, 0.4) is 0 Å². The van der Waals surface area contributed by atoms with Crippen molar-refractivity contribution in [1.82, 2.24) is 4.90 Å². The Bertz CT molecular complexity index is 730. The fourth-order valence-electron chi connectivity index (χ4n) is 2.70. The summed E-state index contributed by atoms with van der Waals surface area (Å²) in [5, 5.41) is 2.86. The van der Waals surface area contributed by atoms with E-state index in [1.807, 2.05) is 25.1 Å². The third-order valence-electron chi connectivity index (χ3n) is 3.94. The highest BCUT2D eigenvalue weighted by molar-refractivity contribution is 6.09. The highest BCUT2D eigenvalue weighted by atomic mass is 16.5. The van der Waals surface area contributed by atoms with Crippen LogP contribution >= 0.6 is 0 Å². The number of ether oxygens (including phenoxy) is 1. The molecule has 0 bridgehead atoms. The summed E-state index contributed by atoms with van der Waals surface area (Å²) in [4.78, 5) is 26.5. The second-order valence-corrected chi connectivity index (χ2v) is 5.83. The van der Waals surface area contributed by atoms with Crippen molar-refractivity contribution >= 4 is 17.5 Å². The number of benzene rings is 2. The van der Waals surface area contributed by atoms with Gasteiger partial charge in [0.25, 0.3) is 0 Å². The summed E-state index contributed by atoms with van der Waals surface area (Å²) in [6, 6.07) is 15.9. The molecule has 0 aliphatic carbocycles. The lowest BCUT2D eigenvalue weighted by Gasteiger charge is -2.31. The molecule has 0 radical (unpaired) electrons. The number of rotatable bonds is 3. The van der Waals surface area contributed by atoms with E-state index in [9.17, 15) is 9.59 Å². The van der Waals surface area contributed by atoms with E-state index >= 15 is 0 Å². The molecule has 2 aromatic rings. The maximum absolute atomic E-state index is 12.5. The number of anilines is 1. The molecule has 5 nitrogen and oxygen atoms in total. The normalized spacial score (nSPS) is 17.4. The van der Waals surface area contributed by atoms with Crippen molar-refractivity contribution in [1.29, 1.82) is 0 Å². The van der Waals surface area contributed by atoms with Gasteiger partial charge in [0.15, 0.2) is 5.78 Å². The van der Waals surface area contributed by atoms with Gasteiger partial charge in [-0.05, 0) is 19.1 Å². The van der Waals surface area contributed by atoms with Gasteiger partial charge in [0.2, 0.25) is 0 Å². The Morgan fingerprint density at radius 3 is 2.58 bits per heavy atom. The molecule has 2 aromatic carbocycles. The molecule has 3 rings (SSSR count). The van der Waals surface area contributed by atoms with Crippen molar-refractivity contribution in [2.75, 3.05) is 25.0 Å². The summed E-state index contributed by atoms with van der Waals surface area (Å²) in [6.07, 6.45) is 0.0375. The van der Waals surface area contributed by atoms with E-state index in [-0.39, 0.29) is 17.9 Å². The Kier molecular flexibility index (Phi) is 4.91. The van der Waals surface area contributed by atoms with Gasteiger partial charge in [-0.15, -0.1) is 0 Å². The predicted octanol–water partition coefficient (Wildman–Crippen LogP) is 3.17. The van der Waals surface area contributed by atoms with Crippen molar-refractivity contribution in [3.8, 4) is 0 Å². The molecule has 0 saturated carbocycles. The number of amides is 2. The van der Waals surface area contributed by atoms with E-state index in [0.717, 1.165) is 0 Å². The number of hydrogen-bond donors (Lipinski definition) is 1. The fraction of sp³-hybridized carbons (Fsp3) is 0.263. The van der Waals surface area contributed by atoms with Gasteiger partial charge in [0.1, 0.15) is 0 Å². The molecule has 124 valence electrons. The van der Waals surface area contributed by atoms with E-state index in [1.165, 1.54) is 0 Å². The van der Waals surface area contributed by atoms with Crippen LogP contribution in [0.4, 0.5) is 10.5 Å². The number of morpholine rings is 1. The molecule has 1 saturated heterocycles. The first-order valence-electron chi connectivity index (χ1n) is 8.01. The van der Waals surface area contributed by atoms with Gasteiger partial charge < -0.3 is 15.0 Å². The zero-order valence-electron chi connectivity index (χ0n) is 13.6. The highest BCUT2D eigenvalue weighted by Crippen LogP contribution is 2.16. The number of nitrogens with zero attached hydrogens (tertiary/aromatic N) is 1. The van der Waals surface area contributed by atoms with E-state index in [1.54, 1.807) is 41.3 Å². The molecule has 0 aromatic heterocycles. The number of carbonyl (C=O) groups excluding carboxylic acids is 2. The summed E-state index contributed by atoms with van der Waals surface area (Å²) in [6.45, 7) is 3.62. The molecule has 2 amide bonds. The van der Waals surface area contributed by atoms with Crippen molar-refractivity contribution in [3.05, 3.63) is 65.7 Å². The van der Waals surface area contributed by atoms with E-state index in [2.05, 4.69) is 5.32 Å². The van der Waals surface area contributed by atoms with Crippen molar-refractivity contribution in [2.45, 2.75) is 13.0 Å². The summed E-state index contributed by atoms with van der Waals surface area (Å²) in [5.41, 5.74) is 1.79. The summed E-state index contributed by atoms with van der Waals surface area (Å²) < 4.78 is 5.44. The second kappa shape index (κ2) is 7.27. The Labute approximate surface area is 141 Å². The molecular weight excluding hydrogens is 304 g/mol. The fourth-order valence-corrected chi connectivity index (χ4v) is 2.70. The van der Waals surface area contributed by atoms with Crippen molar-refractivity contribution in [3.63, 3.8) is 0 Å². The van der Waals surface area contributed by atoms with Gasteiger partial charge in [0.05, 0.1) is 12.7 Å². The van der Waals surface area contributed by atoms with Crippen LogP contribution in [-0.2, 0) is 4.74 Å². The molecule has 1 unspecified atom stereocenters. The van der Waals surface area contributed by atoms with Crippen LogP contribution in [0.5, 0.6) is 0 Å². The lowest BCUT2D eigenvalue weighted by Crippen LogP contribution is -2.46. The SMILES string of the molecule is CC1CN(C(=O)Nc2cccc(C(=O)c3ccccc3)c2)CCO1. The van der Waals surface area contributed by atoms with E-state index < -0.39 is 0 Å². The Morgan fingerprint density at radius 2 is 1.83 bits per heavy atom. The molecule has 5 heteroatoms. The first-order valence-corrected chi connectivity index (χ1v) is 8.01. The number of ketones is 1. The molecule has 24 heavy (non-hydrogen) atoms. The summed E-state index contributed by atoms with van der Waals surface area (Å²) in [7, 11) is 0. The molecule has 0 spiro atoms. The second-order valence-electron chi connectivity index (χ2n) is 5.83. The summed E-state index contributed by atoms with van der Waals surface area (Å²) >= 11 is 0. The molecular formula is C19H20N2O3. The maximum atomic E-state index is 12.5. The number of nitrogens with one attached hydrogen (secondary N) is 1. The van der Waals surface area contributed by atoms with Crippen molar-refractivity contribution < 1.29 is 14.3 Å². The monoisotopic (exact) mass is 324 g/mol. The van der Waals surface area contributed by atoms with Crippen LogP contribution in [0.1, 0.15) is 22.8 Å². The Hall–Kier alpha value is -2.66. The zero-order valence-corrected chi connectivity index (χ0v) is 13.6. The topological polar surface area (TPSA) is 58.6 Å². The first kappa shape index (κ1) is 16.2. The molecule has 1 aliphatic heterocycles. The van der Waals surface area contributed by atoms with Crippen LogP contribution in [0, 0.1) is 0 Å². The van der Waals surface area contributed by atoms with Crippen molar-refractivity contribution in [2.24, 2.45) is 0 Å². The Balaban J connectivity index is 1.71. The van der Waals surface area contributed by atoms with Gasteiger partial charge in [0, 0.05) is 29.9 Å². The zero-order chi connectivity index (χ0) is 16.9. The highest BCUT2D eigenvalue weighted by Gasteiger charge is 2.21. The molecule has 1 heterocycles. The first-order chi connectivity index (χ1) is 11.6. The minimum Gasteiger partial charge on any atom is -0.375 e. The minimum absolute atomic E-state index is 0.0375. The maximum Gasteiger partial charge on any atom is 0.322 e. The molecule has 1 fully saturated rings. The van der Waals surface area contributed by atoms with E-state index in [0.29, 0.717) is 36.5 Å². The number of hydrogen-bond acceptors (Lipinski definition) is 3. The minimum atomic E-state index is -0.172. The third-order valence-corrected chi connectivity index (χ3v) is 3.94. The standard InChI is InChI=1S/C19H20N2O3/c1-14-13-21(10-11-24-14)19(23)20-17-9-5-8-16(12-17)18(22)15-6-3-2-4-7-15/h2-9,12,14H,10-11,13H2,1H3,(H,20,23). The average molecular weight is 324 g/mol. The Morgan fingerprint density at radius 1 is 1.08 bits per heavy atom. The van der Waals surface area contributed by atoms with Crippen LogP contribution < -0.4 is 5.32 Å². The largest absolute Gasteiger partial charge is 0.375 e. The van der Waals surface area contributed by atoms with Crippen LogP contribution in [-0.4, -0.2) is 42.5 Å². The molecule has 1 atom stereocenters. The van der Waals surface area contributed by atoms with Gasteiger partial charge in [-0.25, -0.2) is 4.79 Å². The van der Waals surface area contributed by atoms with Crippen LogP contribution in [0.25, 0.3) is 0 Å². The van der Waals surface area contributed by atoms with Crippen LogP contribution in [0.2, 0.25) is 0 Å². The molecule has 1 aliphatic rings. The van der Waals surface area contributed by atoms with E-state index in [4.69, 9.17) is 4.74 Å². The smallest absolute Gasteiger partial charge is 0.322 e. The van der Waals surface area contributed by atoms with Crippen LogP contribution in [0.15, 0.2) is 54.6 Å². The summed E-state index contributed by atoms with van der Waals surface area (Å²) in [5.74, 6) is -0.0632. The third kappa shape index (κ3) is 3.81. The quantitative estimate of drug-likeness (QED) is 0.882. The number of urea groups is 1. The molecule has 1 N–H and O–H groups in total. The van der Waals surface area contributed by atoms with Gasteiger partial charge >= 0.3 is 6.03 Å². The van der Waals surface area contributed by atoms with Gasteiger partial charge in [-0.1, -0.05) is 42.5 Å². The average Bonchev–Trinajstić information content (AvgIpc) is 2.62. The van der Waals surface area contributed by atoms with Gasteiger partial charge in [-0.2, -0.15) is 0 Å². The number of carbonyl (C=O) groups is 2. The lowest BCUT2D eigenvalue weighted by molar-refractivity contribution is -0.00138. The van der Waals surface area contributed by atoms with Gasteiger partial charge in [-0.3, -0.25) is 4.79 Å². The lowest BCUT2D eigenvalue weighted by atomic mass is 10.0.